The van der Waals surface area contributed by atoms with Crippen LogP contribution in [0, 0.1) is 0 Å². The standard InChI is InChI=1S/C15H28N2O2S/c1-14(2,3)19-13(18)17-12-8-11(9-12)16-10-15(4)6-5-7-20-15/h11-12,16H,5-10H2,1-4H3,(H,17,18). The Balaban J connectivity index is 1.59. The first-order chi connectivity index (χ1) is 9.26. The first-order valence-electron chi connectivity index (χ1n) is 7.63. The van der Waals surface area contributed by atoms with E-state index in [0.29, 0.717) is 10.8 Å². The maximum absolute atomic E-state index is 11.6. The molecule has 1 amide bonds. The Labute approximate surface area is 126 Å². The van der Waals surface area contributed by atoms with Crippen LogP contribution in [0.15, 0.2) is 0 Å². The van der Waals surface area contributed by atoms with Gasteiger partial charge in [-0.3, -0.25) is 0 Å². The van der Waals surface area contributed by atoms with Crippen molar-refractivity contribution in [2.24, 2.45) is 0 Å². The molecular formula is C15H28N2O2S. The summed E-state index contributed by atoms with van der Waals surface area (Å²) in [5.74, 6) is 1.30. The van der Waals surface area contributed by atoms with E-state index in [1.54, 1.807) is 0 Å². The van der Waals surface area contributed by atoms with Gasteiger partial charge in [-0.2, -0.15) is 11.8 Å². The molecule has 4 nitrogen and oxygen atoms in total. The first kappa shape index (κ1) is 16.0. The highest BCUT2D eigenvalue weighted by molar-refractivity contribution is 8.00. The van der Waals surface area contributed by atoms with Crippen molar-refractivity contribution in [3.63, 3.8) is 0 Å². The third-order valence-corrected chi connectivity index (χ3v) is 5.46. The Kier molecular flexibility index (Phi) is 4.90. The first-order valence-corrected chi connectivity index (χ1v) is 8.61. The lowest BCUT2D eigenvalue weighted by Crippen LogP contribution is -2.54. The molecule has 116 valence electrons. The van der Waals surface area contributed by atoms with Gasteiger partial charge in [0.1, 0.15) is 5.60 Å². The van der Waals surface area contributed by atoms with Crippen LogP contribution in [0.2, 0.25) is 0 Å². The minimum atomic E-state index is -0.417. The summed E-state index contributed by atoms with van der Waals surface area (Å²) in [6, 6.07) is 0.819. The number of alkyl carbamates (subject to hydrolysis) is 1. The monoisotopic (exact) mass is 300 g/mol. The van der Waals surface area contributed by atoms with Gasteiger partial charge in [-0.05, 0) is 59.1 Å². The van der Waals surface area contributed by atoms with E-state index in [0.717, 1.165) is 19.4 Å². The number of nitrogens with one attached hydrogen (secondary N) is 2. The molecule has 0 aromatic heterocycles. The van der Waals surface area contributed by atoms with E-state index in [1.165, 1.54) is 18.6 Å². The molecule has 20 heavy (non-hydrogen) atoms. The van der Waals surface area contributed by atoms with Crippen molar-refractivity contribution in [1.82, 2.24) is 10.6 Å². The summed E-state index contributed by atoms with van der Waals surface area (Å²) in [7, 11) is 0. The molecule has 1 unspecified atom stereocenters. The van der Waals surface area contributed by atoms with E-state index in [9.17, 15) is 4.79 Å². The molecule has 0 spiro atoms. The van der Waals surface area contributed by atoms with Crippen molar-refractivity contribution in [3.8, 4) is 0 Å². The van der Waals surface area contributed by atoms with Gasteiger partial charge in [0.05, 0.1) is 0 Å². The lowest BCUT2D eigenvalue weighted by Gasteiger charge is -2.38. The van der Waals surface area contributed by atoms with Crippen LogP contribution in [0.1, 0.15) is 53.4 Å². The van der Waals surface area contributed by atoms with Gasteiger partial charge in [0.15, 0.2) is 0 Å². The summed E-state index contributed by atoms with van der Waals surface area (Å²) in [6.07, 6.45) is 4.40. The van der Waals surface area contributed by atoms with Crippen LogP contribution in [0.25, 0.3) is 0 Å². The largest absolute Gasteiger partial charge is 0.444 e. The van der Waals surface area contributed by atoms with Crippen molar-refractivity contribution >= 4 is 17.9 Å². The maximum Gasteiger partial charge on any atom is 0.407 e. The Morgan fingerprint density at radius 3 is 2.60 bits per heavy atom. The quantitative estimate of drug-likeness (QED) is 0.838. The smallest absolute Gasteiger partial charge is 0.407 e. The molecule has 2 aliphatic rings. The normalized spacial score (nSPS) is 33.6. The SMILES string of the molecule is CC(C)(C)OC(=O)NC1CC(NCC2(C)CCCS2)C1. The summed E-state index contributed by atoms with van der Waals surface area (Å²) < 4.78 is 5.68. The Morgan fingerprint density at radius 1 is 1.35 bits per heavy atom. The Morgan fingerprint density at radius 2 is 2.05 bits per heavy atom. The molecule has 0 radical (unpaired) electrons. The molecule has 2 fully saturated rings. The average Bonchev–Trinajstić information content (AvgIpc) is 2.66. The lowest BCUT2D eigenvalue weighted by molar-refractivity contribution is 0.0465. The predicted molar refractivity (Wildman–Crippen MR) is 84.3 cm³/mol. The highest BCUT2D eigenvalue weighted by atomic mass is 32.2. The molecule has 1 atom stereocenters. The number of hydrogen-bond acceptors (Lipinski definition) is 4. The van der Waals surface area contributed by atoms with Crippen molar-refractivity contribution < 1.29 is 9.53 Å². The zero-order valence-electron chi connectivity index (χ0n) is 13.1. The Bertz CT molecular complexity index is 342. The molecule has 1 aliphatic heterocycles. The van der Waals surface area contributed by atoms with Crippen LogP contribution in [-0.2, 0) is 4.74 Å². The number of ether oxygens (including phenoxy) is 1. The van der Waals surface area contributed by atoms with Crippen LogP contribution < -0.4 is 10.6 Å². The summed E-state index contributed by atoms with van der Waals surface area (Å²) in [5.41, 5.74) is -0.417. The van der Waals surface area contributed by atoms with Crippen LogP contribution >= 0.6 is 11.8 Å². The van der Waals surface area contributed by atoms with Gasteiger partial charge >= 0.3 is 6.09 Å². The van der Waals surface area contributed by atoms with Crippen LogP contribution in [0.3, 0.4) is 0 Å². The van der Waals surface area contributed by atoms with Gasteiger partial charge in [0.25, 0.3) is 0 Å². The topological polar surface area (TPSA) is 50.4 Å². The molecule has 5 heteroatoms. The zero-order chi connectivity index (χ0) is 14.8. The highest BCUT2D eigenvalue weighted by Crippen LogP contribution is 2.37. The fourth-order valence-electron chi connectivity index (χ4n) is 2.71. The van der Waals surface area contributed by atoms with E-state index in [-0.39, 0.29) is 12.1 Å². The molecular weight excluding hydrogens is 272 g/mol. The van der Waals surface area contributed by atoms with Gasteiger partial charge in [-0.15, -0.1) is 0 Å². The predicted octanol–water partition coefficient (Wildman–Crippen LogP) is 2.92. The summed E-state index contributed by atoms with van der Waals surface area (Å²) in [5, 5.41) is 6.57. The minimum absolute atomic E-state index is 0.270. The van der Waals surface area contributed by atoms with Gasteiger partial charge in [-0.1, -0.05) is 0 Å². The highest BCUT2D eigenvalue weighted by Gasteiger charge is 2.34. The number of amides is 1. The average molecular weight is 300 g/mol. The molecule has 0 aromatic rings. The maximum atomic E-state index is 11.6. The Hall–Kier alpha value is -0.420. The number of rotatable bonds is 4. The van der Waals surface area contributed by atoms with Crippen LogP contribution in [0.5, 0.6) is 0 Å². The zero-order valence-corrected chi connectivity index (χ0v) is 13.9. The van der Waals surface area contributed by atoms with E-state index in [2.05, 4.69) is 29.3 Å². The van der Waals surface area contributed by atoms with Gasteiger partial charge in [0.2, 0.25) is 0 Å². The molecule has 0 aromatic carbocycles. The molecule has 1 saturated heterocycles. The molecule has 2 rings (SSSR count). The van der Waals surface area contributed by atoms with Crippen molar-refractivity contribution in [3.05, 3.63) is 0 Å². The van der Waals surface area contributed by atoms with Gasteiger partial charge in [-0.25, -0.2) is 4.79 Å². The third kappa shape index (κ3) is 4.85. The van der Waals surface area contributed by atoms with Gasteiger partial charge in [0, 0.05) is 23.4 Å². The second-order valence-electron chi connectivity index (χ2n) is 7.29. The number of carbonyl (C=O) groups excluding carboxylic acids is 1. The molecule has 2 N–H and O–H groups in total. The fraction of sp³-hybridized carbons (Fsp3) is 0.933. The molecule has 1 heterocycles. The minimum Gasteiger partial charge on any atom is -0.444 e. The summed E-state index contributed by atoms with van der Waals surface area (Å²) in [6.45, 7) is 9.10. The summed E-state index contributed by atoms with van der Waals surface area (Å²) >= 11 is 2.09. The van der Waals surface area contributed by atoms with Crippen molar-refractivity contribution in [1.29, 1.82) is 0 Å². The van der Waals surface area contributed by atoms with Gasteiger partial charge < -0.3 is 15.4 Å². The van der Waals surface area contributed by atoms with Crippen molar-refractivity contribution in [2.75, 3.05) is 12.3 Å². The van der Waals surface area contributed by atoms with E-state index in [4.69, 9.17) is 4.74 Å². The van der Waals surface area contributed by atoms with E-state index >= 15 is 0 Å². The van der Waals surface area contributed by atoms with E-state index in [1.807, 2.05) is 20.8 Å². The number of hydrogen-bond donors (Lipinski definition) is 2. The van der Waals surface area contributed by atoms with Crippen molar-refractivity contribution in [2.45, 2.75) is 75.8 Å². The van der Waals surface area contributed by atoms with Crippen LogP contribution in [0.4, 0.5) is 4.79 Å². The fourth-order valence-corrected chi connectivity index (χ4v) is 3.97. The number of thioether (sulfide) groups is 1. The molecule has 1 saturated carbocycles. The molecule has 1 aliphatic carbocycles. The van der Waals surface area contributed by atoms with Crippen LogP contribution in [-0.4, -0.2) is 40.8 Å². The van der Waals surface area contributed by atoms with E-state index < -0.39 is 5.60 Å². The second-order valence-corrected chi connectivity index (χ2v) is 8.98. The number of carbonyl (C=O) groups is 1. The second kappa shape index (κ2) is 6.14. The lowest BCUT2D eigenvalue weighted by atomic mass is 9.86. The molecule has 0 bridgehead atoms. The summed E-state index contributed by atoms with van der Waals surface area (Å²) in [4.78, 5) is 11.6. The third-order valence-electron chi connectivity index (χ3n) is 3.92.